The van der Waals surface area contributed by atoms with Gasteiger partial charge in [0.25, 0.3) is 0 Å². The van der Waals surface area contributed by atoms with Gasteiger partial charge in [-0.1, -0.05) is 17.7 Å². The molecule has 0 spiro atoms. The maximum atomic E-state index is 10.8. The van der Waals surface area contributed by atoms with Gasteiger partial charge in [-0.25, -0.2) is 9.97 Å². The third-order valence-electron chi connectivity index (χ3n) is 5.79. The van der Waals surface area contributed by atoms with Crippen LogP contribution in [-0.2, 0) is 11.2 Å². The Morgan fingerprint density at radius 3 is 2.93 bits per heavy atom. The molecule has 8 heteroatoms. The van der Waals surface area contributed by atoms with Crippen molar-refractivity contribution >= 4 is 22.6 Å². The Morgan fingerprint density at radius 2 is 2.07 bits per heavy atom. The van der Waals surface area contributed by atoms with Gasteiger partial charge in [-0.05, 0) is 49.2 Å². The maximum absolute atomic E-state index is 10.8. The second kappa shape index (κ2) is 6.79. The van der Waals surface area contributed by atoms with Crippen LogP contribution in [-0.4, -0.2) is 49.6 Å². The molecule has 0 radical (unpaired) electrons. The van der Waals surface area contributed by atoms with E-state index in [1.807, 2.05) is 37.4 Å². The molecular weight excluding hydrogens is 380 g/mol. The molecule has 1 saturated heterocycles. The van der Waals surface area contributed by atoms with Crippen LogP contribution in [0.5, 0.6) is 0 Å². The third kappa shape index (κ3) is 2.74. The Kier molecular flexibility index (Phi) is 4.37. The molecule has 2 aliphatic rings. The van der Waals surface area contributed by atoms with Crippen molar-refractivity contribution in [2.24, 2.45) is 0 Å². The molecule has 146 valence electrons. The van der Waals surface area contributed by atoms with Crippen molar-refractivity contribution in [3.8, 4) is 0 Å². The predicted molar refractivity (Wildman–Crippen MR) is 104 cm³/mol. The highest BCUT2D eigenvalue weighted by Crippen LogP contribution is 2.39. The first-order chi connectivity index (χ1) is 13.5. The van der Waals surface area contributed by atoms with Gasteiger partial charge in [0.15, 0.2) is 6.23 Å². The zero-order valence-corrected chi connectivity index (χ0v) is 16.0. The maximum Gasteiger partial charge on any atom is 0.164 e. The highest BCUT2D eigenvalue weighted by molar-refractivity contribution is 6.30. The fraction of sp³-hybridized carbons (Fsp3) is 0.400. The van der Waals surface area contributed by atoms with Gasteiger partial charge >= 0.3 is 0 Å². The zero-order valence-electron chi connectivity index (χ0n) is 15.3. The Hall–Kier alpha value is -2.03. The van der Waals surface area contributed by atoms with Crippen LogP contribution in [0.3, 0.4) is 0 Å². The molecular formula is C20H21ClN4O3. The number of aromatic nitrogens is 3. The molecule has 1 unspecified atom stereocenters. The van der Waals surface area contributed by atoms with Gasteiger partial charge in [0.2, 0.25) is 0 Å². The summed E-state index contributed by atoms with van der Waals surface area (Å²) < 4.78 is 7.98. The quantitative estimate of drug-likeness (QED) is 0.608. The summed E-state index contributed by atoms with van der Waals surface area (Å²) in [6.45, 7) is 2.66. The standard InChI is InChI=1S/C20H21ClN4O3/c1-10-13-5-7-25(19(13)24-9-23-10)20-17(27)16(26)18(28-20)15-14-3-2-12(21)8-11(14)4-6-22-15/h2-3,5,7-9,15-18,20,22,26-27H,4,6H2,1H3/t15?,16-,17+,18+,20+/m0/s1. The molecule has 5 atom stereocenters. The van der Waals surface area contributed by atoms with Crippen LogP contribution in [0.25, 0.3) is 11.0 Å². The molecule has 2 aromatic heterocycles. The van der Waals surface area contributed by atoms with E-state index >= 15 is 0 Å². The fourth-order valence-corrected chi connectivity index (χ4v) is 4.55. The number of hydrogen-bond acceptors (Lipinski definition) is 6. The lowest BCUT2D eigenvalue weighted by atomic mass is 9.89. The van der Waals surface area contributed by atoms with Crippen LogP contribution >= 0.6 is 11.6 Å². The first-order valence-corrected chi connectivity index (χ1v) is 9.74. The number of ether oxygens (including phenoxy) is 1. The Labute approximate surface area is 166 Å². The number of nitrogens with zero attached hydrogens (tertiary/aromatic N) is 3. The summed E-state index contributed by atoms with van der Waals surface area (Å²) in [5.41, 5.74) is 3.71. The lowest BCUT2D eigenvalue weighted by Crippen LogP contribution is -2.43. The Bertz CT molecular complexity index is 1040. The Morgan fingerprint density at radius 1 is 1.21 bits per heavy atom. The monoisotopic (exact) mass is 400 g/mol. The summed E-state index contributed by atoms with van der Waals surface area (Å²) in [7, 11) is 0. The van der Waals surface area contributed by atoms with Gasteiger partial charge < -0.3 is 24.8 Å². The van der Waals surface area contributed by atoms with E-state index in [0.717, 1.165) is 35.2 Å². The SMILES string of the molecule is Cc1ncnc2c1ccn2[C@@H]1O[C@H](C2NCCc3cc(Cl)ccc32)[C@@H](O)[C@H]1O. The van der Waals surface area contributed by atoms with E-state index in [-0.39, 0.29) is 6.04 Å². The van der Waals surface area contributed by atoms with Gasteiger partial charge in [-0.2, -0.15) is 0 Å². The van der Waals surface area contributed by atoms with Gasteiger partial charge in [0.05, 0.1) is 11.7 Å². The normalized spacial score (nSPS) is 29.9. The molecule has 28 heavy (non-hydrogen) atoms. The second-order valence-corrected chi connectivity index (χ2v) is 7.85. The van der Waals surface area contributed by atoms with E-state index in [0.29, 0.717) is 10.7 Å². The smallest absolute Gasteiger partial charge is 0.164 e. The zero-order chi connectivity index (χ0) is 19.4. The number of nitrogens with one attached hydrogen (secondary N) is 1. The number of aryl methyl sites for hydroxylation is 1. The minimum Gasteiger partial charge on any atom is -0.387 e. The summed E-state index contributed by atoms with van der Waals surface area (Å²) >= 11 is 6.14. The molecule has 3 N–H and O–H groups in total. The molecule has 5 rings (SSSR count). The largest absolute Gasteiger partial charge is 0.387 e. The minimum atomic E-state index is -1.07. The van der Waals surface area contributed by atoms with E-state index in [1.54, 1.807) is 4.57 Å². The van der Waals surface area contributed by atoms with E-state index in [9.17, 15) is 10.2 Å². The molecule has 2 aliphatic heterocycles. The van der Waals surface area contributed by atoms with Gasteiger partial charge in [-0.15, -0.1) is 0 Å². The van der Waals surface area contributed by atoms with Crippen molar-refractivity contribution in [1.29, 1.82) is 0 Å². The third-order valence-corrected chi connectivity index (χ3v) is 6.02. The molecule has 7 nitrogen and oxygen atoms in total. The number of benzene rings is 1. The number of aliphatic hydroxyl groups excluding tert-OH is 2. The summed E-state index contributed by atoms with van der Waals surface area (Å²) in [5, 5.41) is 26.6. The lowest BCUT2D eigenvalue weighted by Gasteiger charge is -2.32. The van der Waals surface area contributed by atoms with Crippen molar-refractivity contribution in [3.05, 3.63) is 58.6 Å². The van der Waals surface area contributed by atoms with Gasteiger partial charge in [0.1, 0.15) is 30.3 Å². The van der Waals surface area contributed by atoms with Crippen molar-refractivity contribution < 1.29 is 14.9 Å². The lowest BCUT2D eigenvalue weighted by molar-refractivity contribution is -0.0473. The van der Waals surface area contributed by atoms with E-state index in [2.05, 4.69) is 15.3 Å². The van der Waals surface area contributed by atoms with Crippen LogP contribution in [0.1, 0.15) is 29.1 Å². The van der Waals surface area contributed by atoms with Crippen LogP contribution in [0.4, 0.5) is 0 Å². The first kappa shape index (κ1) is 18.0. The summed E-state index contributed by atoms with van der Waals surface area (Å²) in [4.78, 5) is 8.54. The molecule has 3 aromatic rings. The molecule has 1 fully saturated rings. The van der Waals surface area contributed by atoms with E-state index < -0.39 is 24.5 Å². The summed E-state index contributed by atoms with van der Waals surface area (Å²) in [6.07, 6.45) is 0.732. The van der Waals surface area contributed by atoms with Crippen LogP contribution < -0.4 is 5.32 Å². The second-order valence-electron chi connectivity index (χ2n) is 7.42. The summed E-state index contributed by atoms with van der Waals surface area (Å²) in [6, 6.07) is 7.44. The number of halogens is 1. The van der Waals surface area contributed by atoms with Crippen LogP contribution in [0, 0.1) is 6.92 Å². The highest BCUT2D eigenvalue weighted by atomic mass is 35.5. The first-order valence-electron chi connectivity index (χ1n) is 9.36. The number of rotatable bonds is 2. The number of hydrogen-bond donors (Lipinski definition) is 3. The molecule has 0 amide bonds. The minimum absolute atomic E-state index is 0.228. The predicted octanol–water partition coefficient (Wildman–Crippen LogP) is 1.90. The fourth-order valence-electron chi connectivity index (χ4n) is 4.35. The highest BCUT2D eigenvalue weighted by Gasteiger charge is 2.48. The van der Waals surface area contributed by atoms with E-state index in [4.69, 9.17) is 16.3 Å². The van der Waals surface area contributed by atoms with Gasteiger partial charge in [0, 0.05) is 16.6 Å². The molecule has 0 bridgehead atoms. The average Bonchev–Trinajstić information content (AvgIpc) is 3.24. The number of fused-ring (bicyclic) bond motifs is 2. The van der Waals surface area contributed by atoms with Gasteiger partial charge in [-0.3, -0.25) is 0 Å². The molecule has 1 aromatic carbocycles. The topological polar surface area (TPSA) is 92.4 Å². The van der Waals surface area contributed by atoms with Crippen molar-refractivity contribution in [1.82, 2.24) is 19.9 Å². The van der Waals surface area contributed by atoms with Crippen molar-refractivity contribution in [3.63, 3.8) is 0 Å². The average molecular weight is 401 g/mol. The summed E-state index contributed by atoms with van der Waals surface area (Å²) in [5.74, 6) is 0. The number of aliphatic hydroxyl groups is 2. The Balaban J connectivity index is 1.50. The molecule has 0 saturated carbocycles. The van der Waals surface area contributed by atoms with E-state index in [1.165, 1.54) is 6.33 Å². The van der Waals surface area contributed by atoms with Crippen molar-refractivity contribution in [2.45, 2.75) is 43.9 Å². The molecule has 0 aliphatic carbocycles. The molecule has 4 heterocycles. The van der Waals surface area contributed by atoms with Crippen LogP contribution in [0.2, 0.25) is 5.02 Å². The van der Waals surface area contributed by atoms with Crippen molar-refractivity contribution in [2.75, 3.05) is 6.54 Å². The van der Waals surface area contributed by atoms with Crippen LogP contribution in [0.15, 0.2) is 36.8 Å².